The van der Waals surface area contributed by atoms with Crippen LogP contribution in [0, 0.1) is 0 Å². The highest BCUT2D eigenvalue weighted by Crippen LogP contribution is 2.47. The maximum Gasteiger partial charge on any atom is 0.407 e. The van der Waals surface area contributed by atoms with Gasteiger partial charge in [0.05, 0.1) is 26.4 Å². The molecule has 0 spiro atoms. The van der Waals surface area contributed by atoms with E-state index in [2.05, 4.69) is 10.3 Å². The first-order valence-electron chi connectivity index (χ1n) is 13.4. The van der Waals surface area contributed by atoms with Gasteiger partial charge in [0, 0.05) is 20.3 Å². The predicted octanol–water partition coefficient (Wildman–Crippen LogP) is 3.14. The van der Waals surface area contributed by atoms with E-state index in [1.165, 1.54) is 21.0 Å². The number of alkyl carbamates (subject to hydrolysis) is 1. The normalized spacial score (nSPS) is 24.3. The number of hydrogen-bond donors (Lipinski definition) is 1. The molecule has 0 unspecified atom stereocenters. The van der Waals surface area contributed by atoms with E-state index in [0.29, 0.717) is 11.1 Å². The molecule has 2 aliphatic rings. The highest BCUT2D eigenvalue weighted by atomic mass is 32.2. The summed E-state index contributed by atoms with van der Waals surface area (Å²) < 4.78 is 40.0. The van der Waals surface area contributed by atoms with E-state index >= 15 is 0 Å². The average molecular weight is 615 g/mol. The Labute approximate surface area is 250 Å². The van der Waals surface area contributed by atoms with E-state index in [0.717, 1.165) is 17.3 Å². The molecule has 1 amide bonds. The molecule has 14 heteroatoms. The van der Waals surface area contributed by atoms with Crippen LogP contribution < -0.4 is 5.32 Å². The Hall–Kier alpha value is -4.14. The number of para-hydroxylation sites is 2. The van der Waals surface area contributed by atoms with Crippen molar-refractivity contribution in [1.29, 1.82) is 0 Å². The van der Waals surface area contributed by atoms with Gasteiger partial charge < -0.3 is 38.2 Å². The molecule has 0 aliphatic carbocycles. The lowest BCUT2D eigenvalue weighted by molar-refractivity contribution is -0.215. The van der Waals surface area contributed by atoms with E-state index in [1.807, 2.05) is 30.3 Å². The van der Waals surface area contributed by atoms with Crippen LogP contribution in [0.4, 0.5) is 4.79 Å². The number of thioether (sulfide) groups is 1. The summed E-state index contributed by atoms with van der Waals surface area (Å²) in [5.41, 5.74) is 1.89. The number of carbonyl (C=O) groups excluding carboxylic acids is 4. The second-order valence-electron chi connectivity index (χ2n) is 9.92. The van der Waals surface area contributed by atoms with Crippen molar-refractivity contribution in [3.05, 3.63) is 60.2 Å². The van der Waals surface area contributed by atoms with Crippen LogP contribution >= 0.6 is 11.8 Å². The Balaban J connectivity index is 1.50. The van der Waals surface area contributed by atoms with Crippen LogP contribution in [-0.4, -0.2) is 78.1 Å². The molecule has 2 saturated heterocycles. The lowest BCUT2D eigenvalue weighted by Gasteiger charge is -2.45. The average Bonchev–Trinajstić information content (AvgIpc) is 3.56. The first-order chi connectivity index (χ1) is 20.7. The molecule has 2 aliphatic heterocycles. The summed E-state index contributed by atoms with van der Waals surface area (Å²) in [4.78, 5) is 53.0. The molecule has 3 heterocycles. The fourth-order valence-corrected chi connectivity index (χ4v) is 6.20. The second kappa shape index (κ2) is 13.0. The molecule has 1 aromatic heterocycles. The van der Waals surface area contributed by atoms with Gasteiger partial charge in [-0.1, -0.05) is 42.5 Å². The minimum absolute atomic E-state index is 0.0906. The van der Waals surface area contributed by atoms with Crippen LogP contribution in [0.1, 0.15) is 25.8 Å². The van der Waals surface area contributed by atoms with E-state index in [9.17, 15) is 19.2 Å². The summed E-state index contributed by atoms with van der Waals surface area (Å²) in [6, 6.07) is 15.4. The van der Waals surface area contributed by atoms with Gasteiger partial charge in [-0.2, -0.15) is 0 Å². The molecule has 13 nitrogen and oxygen atoms in total. The van der Waals surface area contributed by atoms with Crippen LogP contribution in [-0.2, 0) is 49.4 Å². The van der Waals surface area contributed by atoms with Gasteiger partial charge in [-0.25, -0.2) is 14.6 Å². The van der Waals surface area contributed by atoms with Gasteiger partial charge in [-0.3, -0.25) is 9.59 Å². The maximum atomic E-state index is 13.4. The first-order valence-corrected chi connectivity index (χ1v) is 14.2. The molecule has 6 atom stereocenters. The van der Waals surface area contributed by atoms with Gasteiger partial charge in [0.1, 0.15) is 17.7 Å². The summed E-state index contributed by atoms with van der Waals surface area (Å²) in [5, 5.41) is 2.76. The van der Waals surface area contributed by atoms with Crippen molar-refractivity contribution in [2.45, 2.75) is 67.5 Å². The molecular formula is C29H30N2O11S. The first kappa shape index (κ1) is 30.3. The number of carbonyl (C=O) groups is 4. The van der Waals surface area contributed by atoms with E-state index < -0.39 is 59.4 Å². The zero-order valence-electron chi connectivity index (χ0n) is 23.6. The van der Waals surface area contributed by atoms with Crippen molar-refractivity contribution in [3.8, 4) is 0 Å². The van der Waals surface area contributed by atoms with Crippen LogP contribution in [0.5, 0.6) is 0 Å². The largest absolute Gasteiger partial charge is 0.466 e. The van der Waals surface area contributed by atoms with Crippen LogP contribution in [0.25, 0.3) is 11.1 Å². The van der Waals surface area contributed by atoms with E-state index in [1.54, 1.807) is 24.3 Å². The standard InChI is InChI=1S/C29H30N2O11S/c1-16(32)38-22(15-37-14-18-9-5-4-6-10-18)24(39-17(2)33)25-23-21(40-27(35)31-23)13-29(42-25,26(34)36-3)43-28-30-19-11-7-8-12-20(19)41-28/h4-12,21-25H,13-15H2,1-3H3,(H,31,35)/t21-,22+,23+,24+,25+,29-/m0/s1. The minimum Gasteiger partial charge on any atom is -0.466 e. The maximum absolute atomic E-state index is 13.4. The fraction of sp³-hybridized carbons (Fsp3) is 0.414. The van der Waals surface area contributed by atoms with E-state index in [-0.39, 0.29) is 24.9 Å². The molecule has 5 rings (SSSR count). The van der Waals surface area contributed by atoms with Gasteiger partial charge in [0.2, 0.25) is 4.93 Å². The molecule has 228 valence electrons. The van der Waals surface area contributed by atoms with Gasteiger partial charge in [0.25, 0.3) is 5.22 Å². The van der Waals surface area contributed by atoms with E-state index in [4.69, 9.17) is 32.8 Å². The molecular weight excluding hydrogens is 584 g/mol. The number of esters is 3. The van der Waals surface area contributed by atoms with Crippen molar-refractivity contribution in [1.82, 2.24) is 10.3 Å². The molecule has 0 radical (unpaired) electrons. The summed E-state index contributed by atoms with van der Waals surface area (Å²) in [5.74, 6) is -2.22. The molecule has 1 N–H and O–H groups in total. The molecule has 2 aromatic carbocycles. The Morgan fingerprint density at radius 3 is 2.49 bits per heavy atom. The number of rotatable bonds is 11. The zero-order valence-corrected chi connectivity index (χ0v) is 24.4. The van der Waals surface area contributed by atoms with Gasteiger partial charge in [0.15, 0.2) is 17.8 Å². The number of nitrogens with one attached hydrogen (secondary N) is 1. The molecule has 0 bridgehead atoms. The third kappa shape index (κ3) is 6.92. The monoisotopic (exact) mass is 614 g/mol. The van der Waals surface area contributed by atoms with Crippen molar-refractivity contribution in [3.63, 3.8) is 0 Å². The highest BCUT2D eigenvalue weighted by molar-refractivity contribution is 8.01. The second-order valence-corrected chi connectivity index (χ2v) is 11.1. The molecule has 2 fully saturated rings. The lowest BCUT2D eigenvalue weighted by Crippen LogP contribution is -2.64. The topological polar surface area (TPSA) is 162 Å². The number of amides is 1. The number of benzene rings is 2. The number of methoxy groups -OCH3 is 1. The number of hydrogen-bond acceptors (Lipinski definition) is 13. The van der Waals surface area contributed by atoms with Gasteiger partial charge >= 0.3 is 24.0 Å². The van der Waals surface area contributed by atoms with Crippen molar-refractivity contribution >= 4 is 46.9 Å². The smallest absolute Gasteiger partial charge is 0.407 e. The lowest BCUT2D eigenvalue weighted by atomic mass is 9.90. The van der Waals surface area contributed by atoms with Crippen LogP contribution in [0.15, 0.2) is 64.2 Å². The number of ether oxygens (including phenoxy) is 6. The molecule has 43 heavy (non-hydrogen) atoms. The van der Waals surface area contributed by atoms with Crippen molar-refractivity contribution in [2.24, 2.45) is 0 Å². The molecule has 3 aromatic rings. The third-order valence-electron chi connectivity index (χ3n) is 6.82. The predicted molar refractivity (Wildman–Crippen MR) is 149 cm³/mol. The SMILES string of the molecule is COC(=O)[C@@]1(Sc2nc3ccccc3o2)C[C@@H]2OC(=O)N[C@H]2[C@H]([C@H](OC(C)=O)[C@@H](COCc2ccccc2)OC(C)=O)O1. The number of aromatic nitrogens is 1. The van der Waals surface area contributed by atoms with Crippen LogP contribution in [0.3, 0.4) is 0 Å². The minimum atomic E-state index is -1.86. The summed E-state index contributed by atoms with van der Waals surface area (Å²) in [6.45, 7) is 2.33. The summed E-state index contributed by atoms with van der Waals surface area (Å²) in [7, 11) is 1.18. The quantitative estimate of drug-likeness (QED) is 0.248. The van der Waals surface area contributed by atoms with Crippen molar-refractivity contribution < 1.29 is 52.0 Å². The summed E-state index contributed by atoms with van der Waals surface area (Å²) >= 11 is 0.828. The third-order valence-corrected chi connectivity index (χ3v) is 7.93. The Bertz CT molecular complexity index is 1450. The Kier molecular flexibility index (Phi) is 9.18. The van der Waals surface area contributed by atoms with Gasteiger partial charge in [-0.15, -0.1) is 0 Å². The zero-order chi connectivity index (χ0) is 30.6. The van der Waals surface area contributed by atoms with Gasteiger partial charge in [-0.05, 0) is 29.5 Å². The Morgan fingerprint density at radius 2 is 1.79 bits per heavy atom. The van der Waals surface area contributed by atoms with Crippen LogP contribution in [0.2, 0.25) is 0 Å². The summed E-state index contributed by atoms with van der Waals surface area (Å²) in [6.07, 6.45) is -5.66. The molecule has 0 saturated carbocycles. The number of oxazole rings is 1. The Morgan fingerprint density at radius 1 is 1.07 bits per heavy atom. The fourth-order valence-electron chi connectivity index (χ4n) is 5.07. The van der Waals surface area contributed by atoms with Crippen molar-refractivity contribution in [2.75, 3.05) is 13.7 Å². The number of nitrogens with zero attached hydrogens (tertiary/aromatic N) is 1. The highest BCUT2D eigenvalue weighted by Gasteiger charge is 2.61. The number of fused-ring (bicyclic) bond motifs is 2.